The van der Waals surface area contributed by atoms with E-state index in [4.69, 9.17) is 0 Å². The average Bonchev–Trinajstić information content (AvgIpc) is 2.64. The lowest BCUT2D eigenvalue weighted by Gasteiger charge is -2.04. The first-order chi connectivity index (χ1) is 7.65. The molecule has 84 valence electrons. The summed E-state index contributed by atoms with van der Waals surface area (Å²) in [6.07, 6.45) is 1.18. The summed E-state index contributed by atoms with van der Waals surface area (Å²) in [6, 6.07) is 3.62. The second-order valence-electron chi connectivity index (χ2n) is 3.41. The summed E-state index contributed by atoms with van der Waals surface area (Å²) in [5, 5.41) is 17.6. The molecule has 2 aromatic rings. The third kappa shape index (κ3) is 2.59. The lowest BCUT2D eigenvalue weighted by Crippen LogP contribution is -1.92. The number of aromatic amines is 1. The number of hydrogen-bond acceptors (Lipinski definition) is 5. The van der Waals surface area contributed by atoms with Gasteiger partial charge in [0.05, 0.1) is 6.10 Å². The number of nitrogens with one attached hydrogen (secondary N) is 1. The molecule has 2 rings (SSSR count). The van der Waals surface area contributed by atoms with Crippen molar-refractivity contribution >= 4 is 11.8 Å². The summed E-state index contributed by atoms with van der Waals surface area (Å²) in [4.78, 5) is 8.36. The fraction of sp³-hybridized carbons (Fsp3) is 0.300. The molecule has 0 saturated carbocycles. The van der Waals surface area contributed by atoms with Crippen LogP contribution in [-0.2, 0) is 0 Å². The average molecular weight is 236 g/mol. The number of nitrogens with zero attached hydrogens (tertiary/aromatic N) is 3. The smallest absolute Gasteiger partial charge is 0.214 e. The molecule has 2 heterocycles. The third-order valence-electron chi connectivity index (χ3n) is 2.01. The van der Waals surface area contributed by atoms with E-state index in [1.54, 1.807) is 19.2 Å². The maximum atomic E-state index is 9.44. The van der Waals surface area contributed by atoms with Crippen molar-refractivity contribution in [3.63, 3.8) is 0 Å². The van der Waals surface area contributed by atoms with Crippen LogP contribution in [0.15, 0.2) is 28.5 Å². The summed E-state index contributed by atoms with van der Waals surface area (Å²) in [5.41, 5.74) is 0.838. The highest BCUT2D eigenvalue weighted by molar-refractivity contribution is 7.99. The molecule has 0 fully saturated rings. The number of aliphatic hydroxyl groups is 1. The van der Waals surface area contributed by atoms with Crippen LogP contribution < -0.4 is 0 Å². The fourth-order valence-corrected chi connectivity index (χ4v) is 1.97. The Kier molecular flexibility index (Phi) is 3.21. The predicted octanol–water partition coefficient (Wildman–Crippen LogP) is 1.71. The Balaban J connectivity index is 2.18. The van der Waals surface area contributed by atoms with Gasteiger partial charge in [0.1, 0.15) is 10.9 Å². The van der Waals surface area contributed by atoms with E-state index in [-0.39, 0.29) is 0 Å². The van der Waals surface area contributed by atoms with Crippen LogP contribution in [0.1, 0.15) is 24.4 Å². The first-order valence-electron chi connectivity index (χ1n) is 4.86. The van der Waals surface area contributed by atoms with E-state index in [0.717, 1.165) is 16.4 Å². The van der Waals surface area contributed by atoms with Crippen LogP contribution in [0.2, 0.25) is 0 Å². The molecule has 0 spiro atoms. The highest BCUT2D eigenvalue weighted by atomic mass is 32.2. The van der Waals surface area contributed by atoms with E-state index in [1.807, 2.05) is 13.0 Å². The van der Waals surface area contributed by atoms with Crippen LogP contribution >= 0.6 is 11.8 Å². The molecule has 6 heteroatoms. The van der Waals surface area contributed by atoms with E-state index >= 15 is 0 Å². The van der Waals surface area contributed by atoms with Gasteiger partial charge in [0.25, 0.3) is 0 Å². The topological polar surface area (TPSA) is 74.7 Å². The van der Waals surface area contributed by atoms with Crippen molar-refractivity contribution in [2.24, 2.45) is 0 Å². The lowest BCUT2D eigenvalue weighted by atomic mass is 10.2. The number of aromatic nitrogens is 4. The van der Waals surface area contributed by atoms with Gasteiger partial charge in [-0.25, -0.2) is 9.97 Å². The highest BCUT2D eigenvalue weighted by Crippen LogP contribution is 2.24. The number of aliphatic hydroxyl groups excluding tert-OH is 1. The molecule has 0 aliphatic rings. The SMILES string of the molecule is Cc1nc(Sc2cc([C@@H](C)O)ccn2)n[nH]1. The first-order valence-corrected chi connectivity index (χ1v) is 5.67. The van der Waals surface area contributed by atoms with Crippen molar-refractivity contribution in [2.75, 3.05) is 0 Å². The Morgan fingerprint density at radius 3 is 2.94 bits per heavy atom. The monoisotopic (exact) mass is 236 g/mol. The minimum Gasteiger partial charge on any atom is -0.389 e. The van der Waals surface area contributed by atoms with E-state index in [1.165, 1.54) is 11.8 Å². The second kappa shape index (κ2) is 4.63. The molecule has 0 saturated heterocycles. The Bertz CT molecular complexity index is 483. The molecule has 5 nitrogen and oxygen atoms in total. The zero-order valence-electron chi connectivity index (χ0n) is 9.01. The van der Waals surface area contributed by atoms with Crippen LogP contribution in [-0.4, -0.2) is 25.3 Å². The van der Waals surface area contributed by atoms with Crippen molar-refractivity contribution < 1.29 is 5.11 Å². The van der Waals surface area contributed by atoms with Gasteiger partial charge in [0.2, 0.25) is 5.16 Å². The van der Waals surface area contributed by atoms with E-state index in [9.17, 15) is 5.11 Å². The molecule has 1 atom stereocenters. The van der Waals surface area contributed by atoms with Gasteiger partial charge in [-0.2, -0.15) is 0 Å². The number of pyridine rings is 1. The molecule has 0 aliphatic carbocycles. The molecule has 2 aromatic heterocycles. The van der Waals surface area contributed by atoms with Gasteiger partial charge in [-0.1, -0.05) is 0 Å². The van der Waals surface area contributed by atoms with Crippen LogP contribution in [0.25, 0.3) is 0 Å². The number of aryl methyl sites for hydroxylation is 1. The Hall–Kier alpha value is -1.40. The van der Waals surface area contributed by atoms with Crippen molar-refractivity contribution in [3.05, 3.63) is 29.7 Å². The quantitative estimate of drug-likeness (QED) is 0.848. The van der Waals surface area contributed by atoms with Gasteiger partial charge < -0.3 is 5.11 Å². The van der Waals surface area contributed by atoms with Gasteiger partial charge in [0.15, 0.2) is 0 Å². The summed E-state index contributed by atoms with van der Waals surface area (Å²) in [5.74, 6) is 0.772. The molecule has 2 N–H and O–H groups in total. The molecular formula is C10H12N4OS. The second-order valence-corrected chi connectivity index (χ2v) is 4.40. The van der Waals surface area contributed by atoms with E-state index in [2.05, 4.69) is 20.2 Å². The van der Waals surface area contributed by atoms with Crippen LogP contribution in [0.5, 0.6) is 0 Å². The fourth-order valence-electron chi connectivity index (χ4n) is 1.20. The Morgan fingerprint density at radius 1 is 1.50 bits per heavy atom. The van der Waals surface area contributed by atoms with Gasteiger partial charge in [0, 0.05) is 6.20 Å². The highest BCUT2D eigenvalue weighted by Gasteiger charge is 2.06. The summed E-state index contributed by atoms with van der Waals surface area (Å²) < 4.78 is 0. The largest absolute Gasteiger partial charge is 0.389 e. The normalized spacial score (nSPS) is 12.7. The number of rotatable bonds is 3. The van der Waals surface area contributed by atoms with Gasteiger partial charge in [-0.15, -0.1) is 5.10 Å². The summed E-state index contributed by atoms with van der Waals surface area (Å²) in [6.45, 7) is 3.57. The lowest BCUT2D eigenvalue weighted by molar-refractivity contribution is 0.199. The standard InChI is InChI=1S/C10H12N4OS/c1-6(15)8-3-4-11-9(5-8)16-10-12-7(2)13-14-10/h3-6,15H,1-2H3,(H,12,13,14)/t6-/m1/s1. The van der Waals surface area contributed by atoms with Crippen molar-refractivity contribution in [1.82, 2.24) is 20.2 Å². The minimum absolute atomic E-state index is 0.490. The maximum absolute atomic E-state index is 9.44. The molecule has 0 aliphatic heterocycles. The molecule has 0 unspecified atom stereocenters. The molecule has 0 bridgehead atoms. The summed E-state index contributed by atoms with van der Waals surface area (Å²) in [7, 11) is 0. The van der Waals surface area contributed by atoms with Gasteiger partial charge in [-0.3, -0.25) is 5.10 Å². The number of H-pyrrole nitrogens is 1. The van der Waals surface area contributed by atoms with Crippen molar-refractivity contribution in [3.8, 4) is 0 Å². The Labute approximate surface area is 97.3 Å². The molecule has 0 amide bonds. The minimum atomic E-state index is -0.490. The molecule has 16 heavy (non-hydrogen) atoms. The summed E-state index contributed by atoms with van der Waals surface area (Å²) >= 11 is 1.36. The van der Waals surface area contributed by atoms with Crippen molar-refractivity contribution in [2.45, 2.75) is 30.1 Å². The van der Waals surface area contributed by atoms with Crippen LogP contribution in [0.4, 0.5) is 0 Å². The van der Waals surface area contributed by atoms with Crippen LogP contribution in [0, 0.1) is 6.92 Å². The first kappa shape index (κ1) is 11.1. The van der Waals surface area contributed by atoms with Crippen LogP contribution in [0.3, 0.4) is 0 Å². The van der Waals surface area contributed by atoms with Gasteiger partial charge in [-0.05, 0) is 43.3 Å². The van der Waals surface area contributed by atoms with Gasteiger partial charge >= 0.3 is 0 Å². The zero-order valence-corrected chi connectivity index (χ0v) is 9.82. The van der Waals surface area contributed by atoms with E-state index < -0.39 is 6.10 Å². The van der Waals surface area contributed by atoms with Crippen molar-refractivity contribution in [1.29, 1.82) is 0 Å². The molecule has 0 radical (unpaired) electrons. The molecular weight excluding hydrogens is 224 g/mol. The molecule has 0 aromatic carbocycles. The Morgan fingerprint density at radius 2 is 2.31 bits per heavy atom. The third-order valence-corrected chi connectivity index (χ3v) is 2.81. The predicted molar refractivity (Wildman–Crippen MR) is 60.1 cm³/mol. The maximum Gasteiger partial charge on any atom is 0.214 e. The number of hydrogen-bond donors (Lipinski definition) is 2. The van der Waals surface area contributed by atoms with E-state index in [0.29, 0.717) is 5.16 Å². The zero-order chi connectivity index (χ0) is 11.5.